The second-order valence-corrected chi connectivity index (χ2v) is 7.44. The third-order valence-corrected chi connectivity index (χ3v) is 5.43. The summed E-state index contributed by atoms with van der Waals surface area (Å²) in [5, 5.41) is 3.62. The minimum Gasteiger partial charge on any atom is -0.445 e. The van der Waals surface area contributed by atoms with Crippen molar-refractivity contribution in [3.63, 3.8) is 0 Å². The van der Waals surface area contributed by atoms with Crippen LogP contribution in [-0.4, -0.2) is 19.3 Å². The van der Waals surface area contributed by atoms with Crippen LogP contribution in [0.1, 0.15) is 41.0 Å². The first kappa shape index (κ1) is 16.6. The summed E-state index contributed by atoms with van der Waals surface area (Å²) in [5.41, 5.74) is 2.78. The fourth-order valence-electron chi connectivity index (χ4n) is 2.29. The number of oxazole rings is 1. The summed E-state index contributed by atoms with van der Waals surface area (Å²) < 4.78 is 23.3. The van der Waals surface area contributed by atoms with Gasteiger partial charge in [0.05, 0.1) is 5.69 Å². The van der Waals surface area contributed by atoms with Crippen LogP contribution in [0.3, 0.4) is 0 Å². The average molecular weight is 345 g/mol. The molecule has 2 aromatic heterocycles. The first-order valence-electron chi connectivity index (χ1n) is 7.65. The van der Waals surface area contributed by atoms with Crippen molar-refractivity contribution in [2.75, 3.05) is 0 Å². The van der Waals surface area contributed by atoms with Crippen molar-refractivity contribution < 1.29 is 13.1 Å². The van der Waals surface area contributed by atoms with Crippen LogP contribution < -0.4 is 0 Å². The van der Waals surface area contributed by atoms with E-state index < -0.39 is 16.0 Å². The molecule has 0 saturated heterocycles. The molecule has 6 nitrogen and oxygen atoms in total. The van der Waals surface area contributed by atoms with E-state index in [1.165, 1.54) is 0 Å². The molecule has 1 aromatic carbocycles. The van der Waals surface area contributed by atoms with E-state index in [0.717, 1.165) is 22.6 Å². The van der Waals surface area contributed by atoms with Crippen molar-refractivity contribution in [2.45, 2.75) is 38.7 Å². The van der Waals surface area contributed by atoms with Crippen LogP contribution in [0.25, 0.3) is 11.4 Å². The molecule has 24 heavy (non-hydrogen) atoms. The molecular formula is C17H19N3O3S. The van der Waals surface area contributed by atoms with Crippen LogP contribution in [0.5, 0.6) is 0 Å². The van der Waals surface area contributed by atoms with Crippen LogP contribution in [0, 0.1) is 20.8 Å². The maximum absolute atomic E-state index is 12.5. The Labute approximate surface area is 142 Å². The minimum atomic E-state index is -1.26. The Bertz CT molecular complexity index is 865. The lowest BCUT2D eigenvalue weighted by atomic mass is 10.1. The molecule has 7 heteroatoms. The van der Waals surface area contributed by atoms with E-state index in [0.29, 0.717) is 17.6 Å². The Hall–Kier alpha value is -2.28. The summed E-state index contributed by atoms with van der Waals surface area (Å²) in [6.45, 7) is 7.49. The van der Waals surface area contributed by atoms with Crippen LogP contribution in [0.15, 0.2) is 33.2 Å². The lowest BCUT2D eigenvalue weighted by molar-refractivity contribution is 0.379. The van der Waals surface area contributed by atoms with Gasteiger partial charge in [0, 0.05) is 16.4 Å². The van der Waals surface area contributed by atoms with Gasteiger partial charge in [-0.1, -0.05) is 29.4 Å². The molecule has 2 heterocycles. The molecule has 2 atom stereocenters. The van der Waals surface area contributed by atoms with Crippen molar-refractivity contribution in [2.24, 2.45) is 0 Å². The van der Waals surface area contributed by atoms with E-state index in [9.17, 15) is 4.21 Å². The van der Waals surface area contributed by atoms with E-state index in [2.05, 4.69) is 15.1 Å². The molecule has 0 saturated carbocycles. The molecule has 0 bridgehead atoms. The van der Waals surface area contributed by atoms with Gasteiger partial charge >= 0.3 is 0 Å². The van der Waals surface area contributed by atoms with Gasteiger partial charge in [-0.3, -0.25) is 4.21 Å². The molecule has 0 N–H and O–H groups in total. The maximum atomic E-state index is 12.5. The number of rotatable bonds is 5. The second-order valence-electron chi connectivity index (χ2n) is 5.69. The molecule has 126 valence electrons. The van der Waals surface area contributed by atoms with Gasteiger partial charge in [0.1, 0.15) is 16.8 Å². The molecule has 3 rings (SSSR count). The highest BCUT2D eigenvalue weighted by molar-refractivity contribution is 7.84. The highest BCUT2D eigenvalue weighted by Crippen LogP contribution is 2.25. The van der Waals surface area contributed by atoms with Gasteiger partial charge in [-0.25, -0.2) is 4.98 Å². The Balaban J connectivity index is 1.77. The fourth-order valence-corrected chi connectivity index (χ4v) is 3.23. The SMILES string of the molecule is Cc1ccccc1-c1noc([C@@H](C)[S@](=O)Cc2nc(C)c(C)o2)n1. The number of benzene rings is 1. The number of hydrogen-bond acceptors (Lipinski definition) is 6. The van der Waals surface area contributed by atoms with Crippen LogP contribution >= 0.6 is 0 Å². The van der Waals surface area contributed by atoms with E-state index in [-0.39, 0.29) is 5.75 Å². The number of aromatic nitrogens is 3. The zero-order valence-electron chi connectivity index (χ0n) is 14.1. The van der Waals surface area contributed by atoms with Gasteiger partial charge in [-0.2, -0.15) is 4.98 Å². The lowest BCUT2D eigenvalue weighted by Gasteiger charge is -2.04. The smallest absolute Gasteiger partial charge is 0.242 e. The summed E-state index contributed by atoms with van der Waals surface area (Å²) >= 11 is 0. The molecule has 0 aliphatic rings. The minimum absolute atomic E-state index is 0.220. The standard InChI is InChI=1S/C17H19N3O3S/c1-10-7-5-6-8-14(10)16-19-17(23-20-16)13(4)24(21)9-15-18-11(2)12(3)22-15/h5-8,13H,9H2,1-4H3/t13-,24-/m1/s1. The van der Waals surface area contributed by atoms with Crippen molar-refractivity contribution in [3.05, 3.63) is 53.1 Å². The van der Waals surface area contributed by atoms with E-state index in [1.54, 1.807) is 6.92 Å². The average Bonchev–Trinajstić information content (AvgIpc) is 3.14. The van der Waals surface area contributed by atoms with Gasteiger partial charge in [-0.05, 0) is 33.3 Å². The van der Waals surface area contributed by atoms with Crippen molar-refractivity contribution in [3.8, 4) is 11.4 Å². The zero-order valence-corrected chi connectivity index (χ0v) is 14.9. The van der Waals surface area contributed by atoms with Gasteiger partial charge < -0.3 is 8.94 Å². The van der Waals surface area contributed by atoms with E-state index in [1.807, 2.05) is 45.0 Å². The predicted octanol–water partition coefficient (Wildman–Crippen LogP) is 3.66. The highest BCUT2D eigenvalue weighted by Gasteiger charge is 2.23. The van der Waals surface area contributed by atoms with Crippen LogP contribution in [0.4, 0.5) is 0 Å². The summed E-state index contributed by atoms with van der Waals surface area (Å²) in [6.07, 6.45) is 0. The van der Waals surface area contributed by atoms with Crippen molar-refractivity contribution in [1.29, 1.82) is 0 Å². The fraction of sp³-hybridized carbons (Fsp3) is 0.353. The monoisotopic (exact) mass is 345 g/mol. The van der Waals surface area contributed by atoms with Crippen LogP contribution in [0.2, 0.25) is 0 Å². The quantitative estimate of drug-likeness (QED) is 0.702. The molecule has 0 radical (unpaired) electrons. The molecule has 0 spiro atoms. The summed E-state index contributed by atoms with van der Waals surface area (Å²) in [4.78, 5) is 8.67. The molecule has 0 fully saturated rings. The second kappa shape index (κ2) is 6.68. The first-order chi connectivity index (χ1) is 11.5. The van der Waals surface area contributed by atoms with Gasteiger partial charge in [-0.15, -0.1) is 0 Å². The largest absolute Gasteiger partial charge is 0.445 e. The maximum Gasteiger partial charge on any atom is 0.242 e. The zero-order chi connectivity index (χ0) is 17.3. The van der Waals surface area contributed by atoms with E-state index in [4.69, 9.17) is 8.94 Å². The molecule has 0 aliphatic heterocycles. The molecule has 0 amide bonds. The third-order valence-electron chi connectivity index (χ3n) is 3.91. The van der Waals surface area contributed by atoms with Gasteiger partial charge in [0.15, 0.2) is 0 Å². The topological polar surface area (TPSA) is 82.0 Å². The summed E-state index contributed by atoms with van der Waals surface area (Å²) in [7, 11) is -1.26. The number of hydrogen-bond donors (Lipinski definition) is 0. The van der Waals surface area contributed by atoms with Crippen LogP contribution in [-0.2, 0) is 16.6 Å². The Kier molecular flexibility index (Phi) is 4.62. The van der Waals surface area contributed by atoms with Crippen molar-refractivity contribution >= 4 is 10.8 Å². The molecule has 0 aliphatic carbocycles. The summed E-state index contributed by atoms with van der Waals surface area (Å²) in [6, 6.07) is 7.80. The molecule has 3 aromatic rings. The molecule has 0 unspecified atom stereocenters. The van der Waals surface area contributed by atoms with Crippen molar-refractivity contribution in [1.82, 2.24) is 15.1 Å². The lowest BCUT2D eigenvalue weighted by Crippen LogP contribution is -2.06. The van der Waals surface area contributed by atoms with Gasteiger partial charge in [0.25, 0.3) is 0 Å². The third kappa shape index (κ3) is 3.31. The Morgan fingerprint density at radius 2 is 1.92 bits per heavy atom. The Morgan fingerprint density at radius 1 is 1.17 bits per heavy atom. The van der Waals surface area contributed by atoms with E-state index >= 15 is 0 Å². The highest BCUT2D eigenvalue weighted by atomic mass is 32.2. The Morgan fingerprint density at radius 3 is 2.58 bits per heavy atom. The number of nitrogens with zero attached hydrogens (tertiary/aromatic N) is 3. The predicted molar refractivity (Wildman–Crippen MR) is 90.7 cm³/mol. The normalized spacial score (nSPS) is 13.8. The molecular weight excluding hydrogens is 326 g/mol. The first-order valence-corrected chi connectivity index (χ1v) is 9.03. The number of aryl methyl sites for hydroxylation is 3. The summed E-state index contributed by atoms with van der Waals surface area (Å²) in [5.74, 6) is 2.29. The van der Waals surface area contributed by atoms with Gasteiger partial charge in [0.2, 0.25) is 17.6 Å².